The first-order valence-electron chi connectivity index (χ1n) is 7.41. The summed E-state index contributed by atoms with van der Waals surface area (Å²) in [7, 11) is 2.01. The fraction of sp³-hybridized carbons (Fsp3) is 0.933. The van der Waals surface area contributed by atoms with E-state index in [-0.39, 0.29) is 18.2 Å². The predicted octanol–water partition coefficient (Wildman–Crippen LogP) is 1.96. The molecule has 0 bridgehead atoms. The molecule has 2 atom stereocenters. The number of rotatable bonds is 10. The van der Waals surface area contributed by atoms with Gasteiger partial charge in [0.25, 0.3) is 0 Å². The fourth-order valence-corrected chi connectivity index (χ4v) is 2.24. The van der Waals surface area contributed by atoms with E-state index in [9.17, 15) is 9.90 Å². The van der Waals surface area contributed by atoms with Gasteiger partial charge in [-0.15, -0.1) is 0 Å². The van der Waals surface area contributed by atoms with Crippen LogP contribution in [0.25, 0.3) is 0 Å². The van der Waals surface area contributed by atoms with Gasteiger partial charge in [-0.25, -0.2) is 0 Å². The number of carboxylic acid groups (broad SMARTS) is 1. The predicted molar refractivity (Wildman–Crippen MR) is 82.1 cm³/mol. The van der Waals surface area contributed by atoms with Crippen molar-refractivity contribution in [2.24, 2.45) is 0 Å². The van der Waals surface area contributed by atoms with Crippen LogP contribution in [0.15, 0.2) is 0 Å². The van der Waals surface area contributed by atoms with Crippen molar-refractivity contribution in [1.29, 1.82) is 0 Å². The van der Waals surface area contributed by atoms with Gasteiger partial charge in [-0.05, 0) is 55.0 Å². The molecule has 0 aromatic heterocycles. The molecule has 5 nitrogen and oxygen atoms in total. The molecule has 0 aromatic rings. The van der Waals surface area contributed by atoms with Crippen molar-refractivity contribution in [3.63, 3.8) is 0 Å². The van der Waals surface area contributed by atoms with E-state index in [1.165, 1.54) is 0 Å². The lowest BCUT2D eigenvalue weighted by Gasteiger charge is -2.34. The van der Waals surface area contributed by atoms with Gasteiger partial charge in [0.05, 0.1) is 12.7 Å². The molecular formula is C15H32N2O3. The molecule has 2 N–H and O–H groups in total. The molecule has 0 aliphatic heterocycles. The average Bonchev–Trinajstić information content (AvgIpc) is 2.26. The third-order valence-electron chi connectivity index (χ3n) is 3.43. The van der Waals surface area contributed by atoms with Crippen LogP contribution in [0, 0.1) is 0 Å². The van der Waals surface area contributed by atoms with E-state index in [0.29, 0.717) is 13.0 Å². The van der Waals surface area contributed by atoms with Gasteiger partial charge in [-0.2, -0.15) is 0 Å². The number of ether oxygens (including phenoxy) is 1. The Bertz CT molecular complexity index is 295. The van der Waals surface area contributed by atoms with E-state index in [1.807, 2.05) is 34.7 Å². The number of hydrogen-bond acceptors (Lipinski definition) is 4. The zero-order valence-electron chi connectivity index (χ0n) is 14.1. The molecule has 0 aliphatic rings. The minimum Gasteiger partial charge on any atom is -0.480 e. The smallest absolute Gasteiger partial charge is 0.323 e. The molecule has 0 heterocycles. The number of nitrogens with zero attached hydrogens (tertiary/aromatic N) is 1. The van der Waals surface area contributed by atoms with Crippen molar-refractivity contribution >= 4 is 5.97 Å². The zero-order valence-corrected chi connectivity index (χ0v) is 14.1. The van der Waals surface area contributed by atoms with Gasteiger partial charge in [-0.3, -0.25) is 10.1 Å². The molecule has 0 radical (unpaired) electrons. The van der Waals surface area contributed by atoms with E-state index in [0.717, 1.165) is 6.54 Å². The Morgan fingerprint density at radius 1 is 1.30 bits per heavy atom. The highest BCUT2D eigenvalue weighted by Gasteiger charge is 2.35. The van der Waals surface area contributed by atoms with E-state index in [1.54, 1.807) is 6.92 Å². The fourth-order valence-electron chi connectivity index (χ4n) is 2.24. The molecule has 120 valence electrons. The molecule has 5 heteroatoms. The summed E-state index contributed by atoms with van der Waals surface area (Å²) in [5.41, 5.74) is -0.902. The molecule has 20 heavy (non-hydrogen) atoms. The molecule has 0 spiro atoms. The Balaban J connectivity index is 4.44. The summed E-state index contributed by atoms with van der Waals surface area (Å²) in [5, 5.41) is 12.6. The van der Waals surface area contributed by atoms with Crippen LogP contribution in [-0.4, -0.2) is 59.9 Å². The minimum absolute atomic E-state index is 0.137. The van der Waals surface area contributed by atoms with Gasteiger partial charge in [0, 0.05) is 18.6 Å². The van der Waals surface area contributed by atoms with Crippen LogP contribution in [0.1, 0.15) is 48.0 Å². The largest absolute Gasteiger partial charge is 0.480 e. The van der Waals surface area contributed by atoms with Crippen molar-refractivity contribution in [2.45, 2.75) is 71.7 Å². The van der Waals surface area contributed by atoms with Gasteiger partial charge >= 0.3 is 5.97 Å². The monoisotopic (exact) mass is 288 g/mol. The normalized spacial score (nSPS) is 16.7. The molecular weight excluding hydrogens is 256 g/mol. The number of likely N-dealkylation sites (N-methyl/N-ethyl adjacent to an activating group) is 1. The van der Waals surface area contributed by atoms with Gasteiger partial charge in [-0.1, -0.05) is 0 Å². The summed E-state index contributed by atoms with van der Waals surface area (Å²) in [6.45, 7) is 13.2. The summed E-state index contributed by atoms with van der Waals surface area (Å²) in [6, 6.07) is 0.302. The lowest BCUT2D eigenvalue weighted by Crippen LogP contribution is -2.55. The SMILES string of the molecule is CC(C)NC(C)(CC(C)N(C)CCOC(C)C)C(=O)O. The first-order valence-corrected chi connectivity index (χ1v) is 7.41. The first kappa shape index (κ1) is 19.4. The highest BCUT2D eigenvalue weighted by atomic mass is 16.5. The van der Waals surface area contributed by atoms with Crippen molar-refractivity contribution in [3.05, 3.63) is 0 Å². The van der Waals surface area contributed by atoms with Crippen LogP contribution in [0.5, 0.6) is 0 Å². The lowest BCUT2D eigenvalue weighted by molar-refractivity contribution is -0.145. The second kappa shape index (κ2) is 8.60. The van der Waals surface area contributed by atoms with Crippen molar-refractivity contribution < 1.29 is 14.6 Å². The van der Waals surface area contributed by atoms with Crippen LogP contribution >= 0.6 is 0 Å². The zero-order chi connectivity index (χ0) is 15.9. The minimum atomic E-state index is -0.902. The molecule has 0 amide bonds. The van der Waals surface area contributed by atoms with Crippen LogP contribution < -0.4 is 5.32 Å². The van der Waals surface area contributed by atoms with Crippen molar-refractivity contribution in [2.75, 3.05) is 20.2 Å². The van der Waals surface area contributed by atoms with Crippen LogP contribution in [0.2, 0.25) is 0 Å². The van der Waals surface area contributed by atoms with Crippen LogP contribution in [0.4, 0.5) is 0 Å². The van der Waals surface area contributed by atoms with E-state index in [4.69, 9.17) is 4.74 Å². The molecule has 0 fully saturated rings. The van der Waals surface area contributed by atoms with E-state index < -0.39 is 11.5 Å². The van der Waals surface area contributed by atoms with Crippen molar-refractivity contribution in [1.82, 2.24) is 10.2 Å². The summed E-state index contributed by atoms with van der Waals surface area (Å²) in [5.74, 6) is -0.801. The summed E-state index contributed by atoms with van der Waals surface area (Å²) in [6.07, 6.45) is 0.782. The van der Waals surface area contributed by atoms with E-state index in [2.05, 4.69) is 17.1 Å². The van der Waals surface area contributed by atoms with Gasteiger partial charge in [0.2, 0.25) is 0 Å². The average molecular weight is 288 g/mol. The van der Waals surface area contributed by atoms with E-state index >= 15 is 0 Å². The third-order valence-corrected chi connectivity index (χ3v) is 3.43. The summed E-state index contributed by atoms with van der Waals surface area (Å²) in [4.78, 5) is 13.7. The Labute approximate surface area is 123 Å². The Morgan fingerprint density at radius 2 is 1.85 bits per heavy atom. The van der Waals surface area contributed by atoms with Gasteiger partial charge < -0.3 is 14.7 Å². The summed E-state index contributed by atoms with van der Waals surface area (Å²) < 4.78 is 5.53. The Kier molecular flexibility index (Phi) is 8.32. The van der Waals surface area contributed by atoms with Gasteiger partial charge in [0.15, 0.2) is 0 Å². The maximum atomic E-state index is 11.5. The Morgan fingerprint density at radius 3 is 2.25 bits per heavy atom. The lowest BCUT2D eigenvalue weighted by atomic mass is 9.92. The summed E-state index contributed by atoms with van der Waals surface area (Å²) >= 11 is 0. The number of carboxylic acids is 1. The number of carbonyl (C=O) groups is 1. The molecule has 0 saturated heterocycles. The Hall–Kier alpha value is -0.650. The highest BCUT2D eigenvalue weighted by Crippen LogP contribution is 2.17. The van der Waals surface area contributed by atoms with Crippen molar-refractivity contribution in [3.8, 4) is 0 Å². The van der Waals surface area contributed by atoms with Gasteiger partial charge in [0.1, 0.15) is 5.54 Å². The number of hydrogen-bond donors (Lipinski definition) is 2. The second-order valence-corrected chi connectivity index (χ2v) is 6.39. The third kappa shape index (κ3) is 7.22. The van der Waals surface area contributed by atoms with Crippen LogP contribution in [0.3, 0.4) is 0 Å². The second-order valence-electron chi connectivity index (χ2n) is 6.39. The standard InChI is InChI=1S/C15H32N2O3/c1-11(2)16-15(6,14(18)19)10-13(5)17(7)8-9-20-12(3)4/h11-13,16H,8-10H2,1-7H3,(H,18,19). The molecule has 0 saturated carbocycles. The van der Waals surface area contributed by atoms with Crippen LogP contribution in [-0.2, 0) is 9.53 Å². The maximum absolute atomic E-state index is 11.5. The molecule has 0 rings (SSSR count). The number of nitrogens with one attached hydrogen (secondary N) is 1. The highest BCUT2D eigenvalue weighted by molar-refractivity contribution is 5.78. The topological polar surface area (TPSA) is 61.8 Å². The quantitative estimate of drug-likeness (QED) is 0.643. The number of aliphatic carboxylic acids is 1. The maximum Gasteiger partial charge on any atom is 0.323 e. The molecule has 2 unspecified atom stereocenters. The molecule has 0 aliphatic carbocycles. The first-order chi connectivity index (χ1) is 9.08. The molecule has 0 aromatic carbocycles.